The minimum Gasteiger partial charge on any atom is -0.451 e. The van der Waals surface area contributed by atoms with E-state index in [1.807, 2.05) is 0 Å². The van der Waals surface area contributed by atoms with Crippen LogP contribution in [0.5, 0.6) is 0 Å². The average molecular weight is 245 g/mol. The van der Waals surface area contributed by atoms with Crippen LogP contribution in [0.2, 0.25) is 0 Å². The van der Waals surface area contributed by atoms with Crippen molar-refractivity contribution in [1.29, 1.82) is 0 Å². The quantitative estimate of drug-likeness (QED) is 0.711. The second-order valence-corrected chi connectivity index (χ2v) is 4.81. The molecule has 0 unspecified atom stereocenters. The summed E-state index contributed by atoms with van der Waals surface area (Å²) in [6, 6.07) is 1.45. The Morgan fingerprint density at radius 1 is 1.60 bits per heavy atom. The van der Waals surface area contributed by atoms with E-state index in [0.717, 1.165) is 0 Å². The molecule has 0 aromatic carbocycles. The molecule has 0 bridgehead atoms. The van der Waals surface area contributed by atoms with Crippen molar-refractivity contribution in [3.05, 3.63) is 16.8 Å². The fraction of sp³-hybridized carbons (Fsp3) is 0. The van der Waals surface area contributed by atoms with E-state index in [0.29, 0.717) is 4.47 Å². The number of halogens is 2. The third kappa shape index (κ3) is 1.53. The molecular weight excluding hydrogens is 243 g/mol. The number of rotatable bonds is 1. The van der Waals surface area contributed by atoms with Gasteiger partial charge in [-0.15, -0.1) is 0 Å². The summed E-state index contributed by atoms with van der Waals surface area (Å²) in [5, 5.41) is -0.255. The van der Waals surface area contributed by atoms with Crippen LogP contribution in [0.4, 0.5) is 0 Å². The van der Waals surface area contributed by atoms with Gasteiger partial charge in [-0.25, -0.2) is 8.42 Å². The molecule has 0 radical (unpaired) electrons. The van der Waals surface area contributed by atoms with E-state index in [1.54, 1.807) is 0 Å². The van der Waals surface area contributed by atoms with Crippen LogP contribution in [-0.2, 0) is 9.05 Å². The normalized spacial score (nSPS) is 11.8. The zero-order valence-electron chi connectivity index (χ0n) is 4.54. The summed E-state index contributed by atoms with van der Waals surface area (Å²) in [7, 11) is 1.22. The fourth-order valence-corrected chi connectivity index (χ4v) is 2.40. The Morgan fingerprint density at radius 3 is 2.40 bits per heavy atom. The topological polar surface area (TPSA) is 47.3 Å². The highest BCUT2D eigenvalue weighted by atomic mass is 79.9. The molecule has 1 aromatic rings. The van der Waals surface area contributed by atoms with Gasteiger partial charge in [0.25, 0.3) is 9.05 Å². The van der Waals surface area contributed by atoms with E-state index in [9.17, 15) is 8.42 Å². The van der Waals surface area contributed by atoms with E-state index in [4.69, 9.17) is 10.7 Å². The largest absolute Gasteiger partial charge is 0.451 e. The Kier molecular flexibility index (Phi) is 2.07. The second kappa shape index (κ2) is 2.56. The van der Waals surface area contributed by atoms with Gasteiger partial charge in [-0.05, 0) is 22.0 Å². The summed E-state index contributed by atoms with van der Waals surface area (Å²) < 4.78 is 26.0. The maximum atomic E-state index is 10.6. The van der Waals surface area contributed by atoms with Gasteiger partial charge in [-0.3, -0.25) is 0 Å². The highest BCUT2D eigenvalue weighted by Gasteiger charge is 2.17. The third-order valence-corrected chi connectivity index (χ3v) is 2.87. The molecule has 0 spiro atoms. The van der Waals surface area contributed by atoms with Crippen molar-refractivity contribution >= 4 is 35.7 Å². The molecule has 0 N–H and O–H groups in total. The van der Waals surface area contributed by atoms with Gasteiger partial charge >= 0.3 is 0 Å². The van der Waals surface area contributed by atoms with Crippen LogP contribution in [0.15, 0.2) is 26.3 Å². The standard InChI is InChI=1S/C4H2BrClO3S/c5-3-1-2-9-4(3)10(6,7)8/h1-2H. The van der Waals surface area contributed by atoms with Crippen LogP contribution in [0.25, 0.3) is 0 Å². The van der Waals surface area contributed by atoms with Crippen molar-refractivity contribution in [2.24, 2.45) is 0 Å². The van der Waals surface area contributed by atoms with Crippen LogP contribution in [0, 0.1) is 0 Å². The number of hydrogen-bond acceptors (Lipinski definition) is 3. The molecule has 0 fully saturated rings. The molecule has 0 aliphatic heterocycles. The van der Waals surface area contributed by atoms with E-state index in [-0.39, 0.29) is 5.09 Å². The van der Waals surface area contributed by atoms with Gasteiger partial charge < -0.3 is 4.42 Å². The lowest BCUT2D eigenvalue weighted by molar-refractivity contribution is 0.452. The van der Waals surface area contributed by atoms with Gasteiger partial charge in [0.2, 0.25) is 5.09 Å². The Morgan fingerprint density at radius 2 is 2.20 bits per heavy atom. The lowest BCUT2D eigenvalue weighted by Gasteiger charge is -1.87. The Balaban J connectivity index is 3.32. The molecule has 0 aliphatic carbocycles. The van der Waals surface area contributed by atoms with E-state index >= 15 is 0 Å². The Labute approximate surface area is 70.5 Å². The summed E-state index contributed by atoms with van der Waals surface area (Å²) in [5.74, 6) is 0. The molecular formula is C4H2BrClO3S. The van der Waals surface area contributed by atoms with Gasteiger partial charge in [0, 0.05) is 10.7 Å². The van der Waals surface area contributed by atoms with Gasteiger partial charge in [-0.2, -0.15) is 0 Å². The van der Waals surface area contributed by atoms with Gasteiger partial charge in [0.05, 0.1) is 10.7 Å². The molecule has 1 rings (SSSR count). The molecule has 0 saturated carbocycles. The highest BCUT2D eigenvalue weighted by molar-refractivity contribution is 9.10. The molecule has 0 saturated heterocycles. The summed E-state index contributed by atoms with van der Waals surface area (Å²) in [6.07, 6.45) is 1.24. The molecule has 1 aromatic heterocycles. The van der Waals surface area contributed by atoms with Crippen molar-refractivity contribution < 1.29 is 12.8 Å². The molecule has 0 amide bonds. The molecule has 10 heavy (non-hydrogen) atoms. The smallest absolute Gasteiger partial charge is 0.295 e. The predicted octanol–water partition coefficient (Wildman–Crippen LogP) is 1.97. The third-order valence-electron chi connectivity index (χ3n) is 0.806. The minimum atomic E-state index is -3.73. The zero-order chi connectivity index (χ0) is 7.78. The van der Waals surface area contributed by atoms with Crippen molar-refractivity contribution in [3.8, 4) is 0 Å². The first-order chi connectivity index (χ1) is 4.52. The minimum absolute atomic E-state index is 0.255. The maximum Gasteiger partial charge on any atom is 0.295 e. The summed E-state index contributed by atoms with van der Waals surface area (Å²) in [6.45, 7) is 0. The second-order valence-electron chi connectivity index (χ2n) is 1.49. The highest BCUT2D eigenvalue weighted by Crippen LogP contribution is 2.25. The van der Waals surface area contributed by atoms with E-state index < -0.39 is 9.05 Å². The summed E-state index contributed by atoms with van der Waals surface area (Å²) in [4.78, 5) is 0. The van der Waals surface area contributed by atoms with E-state index in [2.05, 4.69) is 20.3 Å². The van der Waals surface area contributed by atoms with Gasteiger partial charge in [0.15, 0.2) is 0 Å². The molecule has 6 heteroatoms. The maximum absolute atomic E-state index is 10.6. The van der Waals surface area contributed by atoms with Crippen LogP contribution >= 0.6 is 26.6 Å². The van der Waals surface area contributed by atoms with Crippen LogP contribution in [-0.4, -0.2) is 8.42 Å². The lowest BCUT2D eigenvalue weighted by Crippen LogP contribution is -1.86. The van der Waals surface area contributed by atoms with Crippen molar-refractivity contribution in [1.82, 2.24) is 0 Å². The predicted molar refractivity (Wildman–Crippen MR) is 39.4 cm³/mol. The number of furan rings is 1. The Bertz CT molecular complexity index is 328. The zero-order valence-corrected chi connectivity index (χ0v) is 7.70. The van der Waals surface area contributed by atoms with E-state index in [1.165, 1.54) is 12.3 Å². The van der Waals surface area contributed by atoms with Crippen molar-refractivity contribution in [2.45, 2.75) is 5.09 Å². The van der Waals surface area contributed by atoms with Gasteiger partial charge in [-0.1, -0.05) is 0 Å². The molecule has 1 heterocycles. The van der Waals surface area contributed by atoms with Crippen molar-refractivity contribution in [2.75, 3.05) is 0 Å². The first-order valence-corrected chi connectivity index (χ1v) is 5.29. The average Bonchev–Trinajstić information content (AvgIpc) is 2.11. The van der Waals surface area contributed by atoms with Crippen LogP contribution < -0.4 is 0 Å². The Hall–Kier alpha value is -0.000000000000000111. The van der Waals surface area contributed by atoms with Crippen LogP contribution in [0.1, 0.15) is 0 Å². The lowest BCUT2D eigenvalue weighted by atomic mass is 10.7. The first-order valence-electron chi connectivity index (χ1n) is 2.19. The molecule has 0 aliphatic rings. The first kappa shape index (κ1) is 8.10. The number of hydrogen-bond donors (Lipinski definition) is 0. The SMILES string of the molecule is O=S(=O)(Cl)c1occc1Br. The van der Waals surface area contributed by atoms with Crippen molar-refractivity contribution in [3.63, 3.8) is 0 Å². The molecule has 56 valence electrons. The fourth-order valence-electron chi connectivity index (χ4n) is 0.454. The monoisotopic (exact) mass is 244 g/mol. The van der Waals surface area contributed by atoms with Gasteiger partial charge in [0.1, 0.15) is 0 Å². The molecule has 0 atom stereocenters. The summed E-state index contributed by atoms with van der Waals surface area (Å²) in [5.41, 5.74) is 0. The van der Waals surface area contributed by atoms with Crippen LogP contribution in [0.3, 0.4) is 0 Å². The molecule has 3 nitrogen and oxygen atoms in total. The summed E-state index contributed by atoms with van der Waals surface area (Å²) >= 11 is 2.94.